The predicted molar refractivity (Wildman–Crippen MR) is 59.2 cm³/mol. The van der Waals surface area contributed by atoms with Gasteiger partial charge in [0.1, 0.15) is 0 Å². The van der Waals surface area contributed by atoms with E-state index in [4.69, 9.17) is 4.74 Å². The van der Waals surface area contributed by atoms with E-state index in [9.17, 15) is 4.79 Å². The molecule has 3 heteroatoms. The summed E-state index contributed by atoms with van der Waals surface area (Å²) in [6.07, 6.45) is -0.360. The number of nitrogens with one attached hydrogen (secondary N) is 1. The summed E-state index contributed by atoms with van der Waals surface area (Å²) in [5, 5.41) is 2.82. The average molecular weight is 207 g/mol. The van der Waals surface area contributed by atoms with E-state index in [-0.39, 0.29) is 18.1 Å². The molecule has 15 heavy (non-hydrogen) atoms. The number of hydrogen-bond donors (Lipinski definition) is 1. The minimum Gasteiger partial charge on any atom is -0.357 e. The molecule has 0 saturated carbocycles. The van der Waals surface area contributed by atoms with Gasteiger partial charge in [0.05, 0.1) is 0 Å². The number of carbonyl (C=O) groups is 1. The molecule has 0 aliphatic rings. The Kier molecular flexibility index (Phi) is 4.31. The maximum atomic E-state index is 11.5. The Hall–Kier alpha value is -1.35. The number of benzene rings is 1. The zero-order chi connectivity index (χ0) is 11.3. The molecule has 3 nitrogen and oxygen atoms in total. The first kappa shape index (κ1) is 11.7. The van der Waals surface area contributed by atoms with Crippen LogP contribution in [0.4, 0.5) is 0 Å². The van der Waals surface area contributed by atoms with E-state index < -0.39 is 0 Å². The van der Waals surface area contributed by atoms with Crippen LogP contribution in [0.2, 0.25) is 0 Å². The van der Waals surface area contributed by atoms with Gasteiger partial charge in [-0.25, -0.2) is 0 Å². The normalized spacial score (nSPS) is 12.5. The van der Waals surface area contributed by atoms with Crippen LogP contribution >= 0.6 is 0 Å². The Labute approximate surface area is 90.4 Å². The van der Waals surface area contributed by atoms with Gasteiger partial charge in [0.2, 0.25) is 5.91 Å². The van der Waals surface area contributed by atoms with Gasteiger partial charge in [0.25, 0.3) is 0 Å². The van der Waals surface area contributed by atoms with Crippen molar-refractivity contribution in [3.63, 3.8) is 0 Å². The highest BCUT2D eigenvalue weighted by atomic mass is 16.5. The van der Waals surface area contributed by atoms with Crippen LogP contribution in [-0.4, -0.2) is 13.0 Å². The van der Waals surface area contributed by atoms with E-state index in [1.54, 1.807) is 7.11 Å². The van der Waals surface area contributed by atoms with Gasteiger partial charge in [-0.15, -0.1) is 0 Å². The topological polar surface area (TPSA) is 38.3 Å². The molecule has 1 atom stereocenters. The molecule has 0 heterocycles. The lowest BCUT2D eigenvalue weighted by Gasteiger charge is -2.18. The van der Waals surface area contributed by atoms with E-state index in [0.717, 1.165) is 5.56 Å². The van der Waals surface area contributed by atoms with Crippen LogP contribution in [0.25, 0.3) is 0 Å². The second-order valence-electron chi connectivity index (χ2n) is 3.69. The minimum absolute atomic E-state index is 0.00861. The fraction of sp³-hybridized carbons (Fsp3) is 0.417. The Morgan fingerprint density at radius 1 is 1.27 bits per heavy atom. The standard InChI is InChI=1S/C12H17NO2/c1-9(2)11(14)13-12(15-3)10-7-5-4-6-8-10/h4-9,12H,1-3H3,(H,13,14). The van der Waals surface area contributed by atoms with E-state index in [1.165, 1.54) is 0 Å². The molecule has 1 unspecified atom stereocenters. The molecule has 82 valence electrons. The molecule has 1 aromatic rings. The highest BCUT2D eigenvalue weighted by Gasteiger charge is 2.14. The first-order chi connectivity index (χ1) is 7.15. The second-order valence-corrected chi connectivity index (χ2v) is 3.69. The molecular weight excluding hydrogens is 190 g/mol. The van der Waals surface area contributed by atoms with Gasteiger partial charge in [-0.1, -0.05) is 44.2 Å². The van der Waals surface area contributed by atoms with Gasteiger partial charge >= 0.3 is 0 Å². The molecule has 0 spiro atoms. The fourth-order valence-electron chi connectivity index (χ4n) is 1.20. The van der Waals surface area contributed by atoms with Crippen molar-refractivity contribution in [2.24, 2.45) is 5.92 Å². The Morgan fingerprint density at radius 3 is 2.33 bits per heavy atom. The van der Waals surface area contributed by atoms with Crippen LogP contribution in [0.15, 0.2) is 30.3 Å². The maximum Gasteiger partial charge on any atom is 0.224 e. The van der Waals surface area contributed by atoms with Crippen molar-refractivity contribution in [1.82, 2.24) is 5.32 Å². The summed E-state index contributed by atoms with van der Waals surface area (Å²) < 4.78 is 5.23. The van der Waals surface area contributed by atoms with Crippen molar-refractivity contribution in [3.05, 3.63) is 35.9 Å². The molecule has 0 aliphatic carbocycles. The lowest BCUT2D eigenvalue weighted by atomic mass is 10.1. The van der Waals surface area contributed by atoms with E-state index >= 15 is 0 Å². The molecule has 0 radical (unpaired) electrons. The first-order valence-corrected chi connectivity index (χ1v) is 5.03. The van der Waals surface area contributed by atoms with Gasteiger partial charge in [-0.3, -0.25) is 4.79 Å². The summed E-state index contributed by atoms with van der Waals surface area (Å²) in [6.45, 7) is 3.71. The van der Waals surface area contributed by atoms with E-state index in [0.29, 0.717) is 0 Å². The summed E-state index contributed by atoms with van der Waals surface area (Å²) in [6, 6.07) is 9.62. The van der Waals surface area contributed by atoms with Gasteiger partial charge in [-0.2, -0.15) is 0 Å². The molecule has 1 amide bonds. The van der Waals surface area contributed by atoms with Crippen molar-refractivity contribution in [3.8, 4) is 0 Å². The van der Waals surface area contributed by atoms with Gasteiger partial charge < -0.3 is 10.1 Å². The molecular formula is C12H17NO2. The molecule has 1 aromatic carbocycles. The van der Waals surface area contributed by atoms with Gasteiger partial charge in [0, 0.05) is 18.6 Å². The maximum absolute atomic E-state index is 11.5. The predicted octanol–water partition coefficient (Wildman–Crippen LogP) is 2.10. The summed E-state index contributed by atoms with van der Waals surface area (Å²) in [5.74, 6) is -0.0444. The molecule has 0 saturated heterocycles. The lowest BCUT2D eigenvalue weighted by Crippen LogP contribution is -2.32. The van der Waals surface area contributed by atoms with Gasteiger partial charge in [0.15, 0.2) is 6.23 Å². The second kappa shape index (κ2) is 5.51. The largest absolute Gasteiger partial charge is 0.357 e. The Bertz CT molecular complexity index is 309. The highest BCUT2D eigenvalue weighted by molar-refractivity contribution is 5.78. The third-order valence-corrected chi connectivity index (χ3v) is 2.14. The van der Waals surface area contributed by atoms with Crippen LogP contribution in [-0.2, 0) is 9.53 Å². The van der Waals surface area contributed by atoms with Crippen LogP contribution < -0.4 is 5.32 Å². The molecule has 1 N–H and O–H groups in total. The first-order valence-electron chi connectivity index (χ1n) is 5.03. The zero-order valence-electron chi connectivity index (χ0n) is 9.36. The Morgan fingerprint density at radius 2 is 1.87 bits per heavy atom. The molecule has 0 aromatic heterocycles. The summed E-state index contributed by atoms with van der Waals surface area (Å²) in [7, 11) is 1.58. The number of ether oxygens (including phenoxy) is 1. The fourth-order valence-corrected chi connectivity index (χ4v) is 1.20. The van der Waals surface area contributed by atoms with E-state index in [1.807, 2.05) is 44.2 Å². The van der Waals surface area contributed by atoms with Crippen molar-refractivity contribution in [1.29, 1.82) is 0 Å². The molecule has 0 fully saturated rings. The van der Waals surface area contributed by atoms with Gasteiger partial charge in [-0.05, 0) is 0 Å². The smallest absolute Gasteiger partial charge is 0.224 e. The molecule has 0 aliphatic heterocycles. The average Bonchev–Trinajstić information content (AvgIpc) is 2.26. The van der Waals surface area contributed by atoms with Crippen LogP contribution in [0, 0.1) is 5.92 Å². The number of hydrogen-bond acceptors (Lipinski definition) is 2. The number of methoxy groups -OCH3 is 1. The van der Waals surface area contributed by atoms with Crippen molar-refractivity contribution >= 4 is 5.91 Å². The third kappa shape index (κ3) is 3.36. The van der Waals surface area contributed by atoms with Crippen LogP contribution in [0.3, 0.4) is 0 Å². The third-order valence-electron chi connectivity index (χ3n) is 2.14. The monoisotopic (exact) mass is 207 g/mol. The summed E-state index contributed by atoms with van der Waals surface area (Å²) >= 11 is 0. The van der Waals surface area contributed by atoms with Crippen molar-refractivity contribution in [2.75, 3.05) is 7.11 Å². The van der Waals surface area contributed by atoms with Crippen molar-refractivity contribution in [2.45, 2.75) is 20.1 Å². The Balaban J connectivity index is 2.69. The minimum atomic E-state index is -0.360. The highest BCUT2D eigenvalue weighted by Crippen LogP contribution is 2.13. The quantitative estimate of drug-likeness (QED) is 0.768. The number of amides is 1. The number of rotatable bonds is 4. The van der Waals surface area contributed by atoms with Crippen molar-refractivity contribution < 1.29 is 9.53 Å². The molecule has 0 bridgehead atoms. The zero-order valence-corrected chi connectivity index (χ0v) is 9.36. The summed E-state index contributed by atoms with van der Waals surface area (Å²) in [5.41, 5.74) is 0.953. The van der Waals surface area contributed by atoms with E-state index in [2.05, 4.69) is 5.32 Å². The van der Waals surface area contributed by atoms with Crippen LogP contribution in [0.5, 0.6) is 0 Å². The molecule has 1 rings (SSSR count). The number of carbonyl (C=O) groups excluding carboxylic acids is 1. The summed E-state index contributed by atoms with van der Waals surface area (Å²) in [4.78, 5) is 11.5. The SMILES string of the molecule is COC(NC(=O)C(C)C)c1ccccc1. The van der Waals surface area contributed by atoms with Crippen LogP contribution in [0.1, 0.15) is 25.6 Å². The lowest BCUT2D eigenvalue weighted by molar-refractivity contribution is -0.128.